The lowest BCUT2D eigenvalue weighted by Gasteiger charge is -2.34. The van der Waals surface area contributed by atoms with Crippen molar-refractivity contribution in [3.05, 3.63) is 16.6 Å². The molecule has 0 bridgehead atoms. The highest BCUT2D eigenvalue weighted by atomic mass is 32.1. The second-order valence-corrected chi connectivity index (χ2v) is 4.59. The van der Waals surface area contributed by atoms with Crippen LogP contribution < -0.4 is 5.73 Å². The van der Waals surface area contributed by atoms with E-state index in [1.165, 1.54) is 5.01 Å². The molecule has 3 nitrogen and oxygen atoms in total. The molecular weight excluding hydrogens is 182 g/mol. The Morgan fingerprint density at radius 1 is 1.62 bits per heavy atom. The molecule has 0 aliphatic carbocycles. The molecule has 1 aromatic heterocycles. The summed E-state index contributed by atoms with van der Waals surface area (Å²) in [4.78, 5) is 6.66. The van der Waals surface area contributed by atoms with Gasteiger partial charge in [-0.15, -0.1) is 11.3 Å². The van der Waals surface area contributed by atoms with Crippen molar-refractivity contribution in [3.63, 3.8) is 0 Å². The molecule has 0 radical (unpaired) electrons. The molecule has 2 N–H and O–H groups in total. The lowest BCUT2D eigenvalue weighted by atomic mass is 10.0. The number of piperidine rings is 1. The van der Waals surface area contributed by atoms with Gasteiger partial charge >= 0.3 is 0 Å². The average Bonchev–Trinajstić information content (AvgIpc) is 2.56. The predicted molar refractivity (Wildman–Crippen MR) is 54.7 cm³/mol. The van der Waals surface area contributed by atoms with Gasteiger partial charge in [-0.2, -0.15) is 0 Å². The van der Waals surface area contributed by atoms with Crippen molar-refractivity contribution < 1.29 is 0 Å². The summed E-state index contributed by atoms with van der Waals surface area (Å²) in [5.41, 5.74) is 5.88. The first-order valence-electron chi connectivity index (χ1n) is 4.62. The predicted octanol–water partition coefficient (Wildman–Crippen LogP) is 1.24. The molecule has 2 rings (SSSR count). The summed E-state index contributed by atoms with van der Waals surface area (Å²) < 4.78 is 0. The van der Waals surface area contributed by atoms with Crippen molar-refractivity contribution in [2.24, 2.45) is 5.73 Å². The van der Waals surface area contributed by atoms with Crippen LogP contribution >= 0.6 is 11.3 Å². The van der Waals surface area contributed by atoms with E-state index < -0.39 is 0 Å². The fraction of sp³-hybridized carbons (Fsp3) is 0.667. The number of aromatic nitrogens is 1. The average molecular weight is 197 g/mol. The van der Waals surface area contributed by atoms with Crippen LogP contribution in [0, 0.1) is 0 Å². The van der Waals surface area contributed by atoms with E-state index in [9.17, 15) is 0 Å². The summed E-state index contributed by atoms with van der Waals surface area (Å²) in [6.07, 6.45) is 4.14. The molecule has 1 fully saturated rings. The molecule has 0 saturated carbocycles. The third-order valence-electron chi connectivity index (χ3n) is 2.60. The zero-order valence-electron chi connectivity index (χ0n) is 7.81. The van der Waals surface area contributed by atoms with E-state index in [1.807, 2.05) is 11.6 Å². The summed E-state index contributed by atoms with van der Waals surface area (Å²) in [5, 5.41) is 3.27. The van der Waals surface area contributed by atoms with Crippen molar-refractivity contribution in [3.8, 4) is 0 Å². The standard InChI is InChI=1S/C9H15N3S/c1-12-6-7(10)2-3-8(12)9-11-4-5-13-9/h4-5,7-8H,2-3,6,10H2,1H3. The van der Waals surface area contributed by atoms with Gasteiger partial charge in [0.05, 0.1) is 6.04 Å². The van der Waals surface area contributed by atoms with Gasteiger partial charge in [0.25, 0.3) is 0 Å². The van der Waals surface area contributed by atoms with Crippen LogP contribution in [-0.2, 0) is 0 Å². The first kappa shape index (κ1) is 9.12. The Balaban J connectivity index is 2.08. The summed E-state index contributed by atoms with van der Waals surface area (Å²) in [5.74, 6) is 0. The molecule has 13 heavy (non-hydrogen) atoms. The van der Waals surface area contributed by atoms with E-state index in [-0.39, 0.29) is 0 Å². The number of thiazole rings is 1. The highest BCUT2D eigenvalue weighted by Crippen LogP contribution is 2.29. The largest absolute Gasteiger partial charge is 0.327 e. The maximum absolute atomic E-state index is 5.88. The molecule has 0 aromatic carbocycles. The van der Waals surface area contributed by atoms with Crippen LogP contribution in [0.15, 0.2) is 11.6 Å². The molecule has 4 heteroatoms. The molecule has 1 aliphatic rings. The summed E-state index contributed by atoms with van der Waals surface area (Å²) in [6.45, 7) is 0.990. The maximum Gasteiger partial charge on any atom is 0.110 e. The van der Waals surface area contributed by atoms with Crippen molar-refractivity contribution in [1.29, 1.82) is 0 Å². The molecule has 2 unspecified atom stereocenters. The Bertz CT molecular complexity index is 260. The van der Waals surface area contributed by atoms with Crippen molar-refractivity contribution in [2.45, 2.75) is 24.9 Å². The highest BCUT2D eigenvalue weighted by molar-refractivity contribution is 7.09. The molecule has 2 atom stereocenters. The smallest absolute Gasteiger partial charge is 0.110 e. The number of likely N-dealkylation sites (tertiary alicyclic amines) is 1. The van der Waals surface area contributed by atoms with E-state index in [1.54, 1.807) is 11.3 Å². The third-order valence-corrected chi connectivity index (χ3v) is 3.48. The topological polar surface area (TPSA) is 42.1 Å². The van der Waals surface area contributed by atoms with E-state index in [0.717, 1.165) is 19.4 Å². The van der Waals surface area contributed by atoms with Crippen molar-refractivity contribution in [1.82, 2.24) is 9.88 Å². The fourth-order valence-corrected chi connectivity index (χ4v) is 2.73. The van der Waals surface area contributed by atoms with Gasteiger partial charge in [-0.3, -0.25) is 4.90 Å². The summed E-state index contributed by atoms with van der Waals surface area (Å²) in [7, 11) is 2.13. The number of hydrogen-bond donors (Lipinski definition) is 1. The Kier molecular flexibility index (Phi) is 2.62. The van der Waals surface area contributed by atoms with Crippen LogP contribution in [0.2, 0.25) is 0 Å². The SMILES string of the molecule is CN1CC(N)CCC1c1nccs1. The number of nitrogens with zero attached hydrogens (tertiary/aromatic N) is 2. The fourth-order valence-electron chi connectivity index (χ4n) is 1.89. The minimum Gasteiger partial charge on any atom is -0.327 e. The van der Waals surface area contributed by atoms with Gasteiger partial charge in [0.1, 0.15) is 5.01 Å². The molecular formula is C9H15N3S. The third kappa shape index (κ3) is 1.90. The van der Waals surface area contributed by atoms with Crippen molar-refractivity contribution >= 4 is 11.3 Å². The number of hydrogen-bond acceptors (Lipinski definition) is 4. The van der Waals surface area contributed by atoms with Crippen LogP contribution in [0.5, 0.6) is 0 Å². The molecule has 0 amide bonds. The van der Waals surface area contributed by atoms with Crippen LogP contribution in [0.4, 0.5) is 0 Å². The second-order valence-electron chi connectivity index (χ2n) is 3.66. The van der Waals surface area contributed by atoms with Crippen LogP contribution in [0.1, 0.15) is 23.9 Å². The summed E-state index contributed by atoms with van der Waals surface area (Å²) >= 11 is 1.74. The zero-order chi connectivity index (χ0) is 9.26. The molecule has 1 saturated heterocycles. The van der Waals surface area contributed by atoms with Crippen LogP contribution in [0.3, 0.4) is 0 Å². The lowest BCUT2D eigenvalue weighted by Crippen LogP contribution is -2.42. The van der Waals surface area contributed by atoms with Gasteiger partial charge in [0.2, 0.25) is 0 Å². The molecule has 0 spiro atoms. The van der Waals surface area contributed by atoms with Gasteiger partial charge in [-0.25, -0.2) is 4.98 Å². The quantitative estimate of drug-likeness (QED) is 0.736. The maximum atomic E-state index is 5.88. The lowest BCUT2D eigenvalue weighted by molar-refractivity contribution is 0.169. The Morgan fingerprint density at radius 3 is 3.08 bits per heavy atom. The Labute approximate surface area is 82.6 Å². The normalized spacial score (nSPS) is 30.6. The van der Waals surface area contributed by atoms with Crippen molar-refractivity contribution in [2.75, 3.05) is 13.6 Å². The molecule has 1 aliphatic heterocycles. The Hall–Kier alpha value is -0.450. The number of rotatable bonds is 1. The monoisotopic (exact) mass is 197 g/mol. The van der Waals surface area contributed by atoms with Gasteiger partial charge < -0.3 is 5.73 Å². The van der Waals surface area contributed by atoms with E-state index in [4.69, 9.17) is 5.73 Å². The van der Waals surface area contributed by atoms with Gasteiger partial charge in [-0.05, 0) is 19.9 Å². The van der Waals surface area contributed by atoms with E-state index >= 15 is 0 Å². The van der Waals surface area contributed by atoms with Gasteiger partial charge in [-0.1, -0.05) is 0 Å². The zero-order valence-corrected chi connectivity index (χ0v) is 8.63. The van der Waals surface area contributed by atoms with Crippen LogP contribution in [0.25, 0.3) is 0 Å². The number of nitrogens with two attached hydrogens (primary N) is 1. The minimum absolute atomic E-state index is 0.348. The minimum atomic E-state index is 0.348. The first-order chi connectivity index (χ1) is 6.27. The second kappa shape index (κ2) is 3.74. The van der Waals surface area contributed by atoms with E-state index in [0.29, 0.717) is 12.1 Å². The van der Waals surface area contributed by atoms with Gasteiger partial charge in [0.15, 0.2) is 0 Å². The molecule has 2 heterocycles. The summed E-state index contributed by atoms with van der Waals surface area (Å²) in [6, 6.07) is 0.848. The van der Waals surface area contributed by atoms with Gasteiger partial charge in [0, 0.05) is 24.2 Å². The highest BCUT2D eigenvalue weighted by Gasteiger charge is 2.26. The molecule has 1 aromatic rings. The molecule has 72 valence electrons. The van der Waals surface area contributed by atoms with E-state index in [2.05, 4.69) is 16.9 Å². The Morgan fingerprint density at radius 2 is 2.46 bits per heavy atom. The first-order valence-corrected chi connectivity index (χ1v) is 5.50. The van der Waals surface area contributed by atoms with Crippen LogP contribution in [-0.4, -0.2) is 29.5 Å². The number of likely N-dealkylation sites (N-methyl/N-ethyl adjacent to an activating group) is 1.